The maximum atomic E-state index is 13.5. The number of carbonyl (C=O) groups excluding carboxylic acids is 1. The standard InChI is InChI=1S/C38H43N3O3/c42-38(39-28-36(32-16-8-3-9-17-32)41-24-26-43-27-25-41)34-18-10-11-19-37(34)44-33-20-22-40(23-21-33)29-35(30-12-4-1-5-13-30)31-14-6-2-7-15-31/h1-19,33,35-36H,20-29H2,(H,39,42). The van der Waals surface area contributed by atoms with Gasteiger partial charge in [0, 0.05) is 45.2 Å². The number of morpholine rings is 1. The molecule has 44 heavy (non-hydrogen) atoms. The second kappa shape index (κ2) is 15.2. The van der Waals surface area contributed by atoms with E-state index in [0.29, 0.717) is 37.0 Å². The van der Waals surface area contributed by atoms with Crippen molar-refractivity contribution < 1.29 is 14.3 Å². The highest BCUT2D eigenvalue weighted by Gasteiger charge is 2.27. The number of rotatable bonds is 11. The van der Waals surface area contributed by atoms with Crippen LogP contribution in [0.5, 0.6) is 5.75 Å². The van der Waals surface area contributed by atoms with Crippen molar-refractivity contribution in [2.45, 2.75) is 30.9 Å². The Balaban J connectivity index is 1.06. The molecule has 2 fully saturated rings. The SMILES string of the molecule is O=C(NCC(c1ccccc1)N1CCOCC1)c1ccccc1OC1CCN(CC(c2ccccc2)c2ccccc2)CC1. The van der Waals surface area contributed by atoms with Crippen LogP contribution in [-0.2, 0) is 4.74 Å². The van der Waals surface area contributed by atoms with Gasteiger partial charge in [-0.15, -0.1) is 0 Å². The van der Waals surface area contributed by atoms with E-state index >= 15 is 0 Å². The first-order valence-corrected chi connectivity index (χ1v) is 16.0. The summed E-state index contributed by atoms with van der Waals surface area (Å²) in [5, 5.41) is 3.22. The van der Waals surface area contributed by atoms with E-state index in [1.807, 2.05) is 30.3 Å². The molecule has 0 spiro atoms. The van der Waals surface area contributed by atoms with Crippen molar-refractivity contribution in [1.29, 1.82) is 0 Å². The van der Waals surface area contributed by atoms with Crippen LogP contribution in [0.15, 0.2) is 115 Å². The topological polar surface area (TPSA) is 54.0 Å². The smallest absolute Gasteiger partial charge is 0.255 e. The third-order valence-corrected chi connectivity index (χ3v) is 8.93. The van der Waals surface area contributed by atoms with Crippen LogP contribution in [-0.4, -0.2) is 74.3 Å². The van der Waals surface area contributed by atoms with Crippen molar-refractivity contribution in [2.24, 2.45) is 0 Å². The maximum Gasteiger partial charge on any atom is 0.255 e. The molecule has 1 unspecified atom stereocenters. The summed E-state index contributed by atoms with van der Waals surface area (Å²) < 4.78 is 12.1. The number of likely N-dealkylation sites (tertiary alicyclic amines) is 1. The number of ether oxygens (including phenoxy) is 2. The number of nitrogens with one attached hydrogen (secondary N) is 1. The lowest BCUT2D eigenvalue weighted by molar-refractivity contribution is 0.0162. The van der Waals surface area contributed by atoms with Crippen molar-refractivity contribution in [3.8, 4) is 5.75 Å². The van der Waals surface area contributed by atoms with Gasteiger partial charge in [0.05, 0.1) is 24.8 Å². The van der Waals surface area contributed by atoms with E-state index in [9.17, 15) is 4.79 Å². The predicted molar refractivity (Wildman–Crippen MR) is 175 cm³/mol. The van der Waals surface area contributed by atoms with Gasteiger partial charge in [-0.2, -0.15) is 0 Å². The molecular weight excluding hydrogens is 546 g/mol. The van der Waals surface area contributed by atoms with Crippen LogP contribution in [0.2, 0.25) is 0 Å². The molecule has 0 radical (unpaired) electrons. The summed E-state index contributed by atoms with van der Waals surface area (Å²) in [7, 11) is 0. The lowest BCUT2D eigenvalue weighted by atomic mass is 9.90. The number of benzene rings is 4. The molecule has 0 aromatic heterocycles. The Morgan fingerprint density at radius 3 is 1.89 bits per heavy atom. The lowest BCUT2D eigenvalue weighted by Gasteiger charge is -2.35. The van der Waals surface area contributed by atoms with Crippen LogP contribution in [0.1, 0.15) is 51.8 Å². The van der Waals surface area contributed by atoms with Crippen LogP contribution >= 0.6 is 0 Å². The Labute approximate surface area is 261 Å². The molecule has 0 aliphatic carbocycles. The Morgan fingerprint density at radius 2 is 1.27 bits per heavy atom. The van der Waals surface area contributed by atoms with Crippen molar-refractivity contribution >= 4 is 5.91 Å². The third-order valence-electron chi connectivity index (χ3n) is 8.93. The molecule has 0 saturated carbocycles. The van der Waals surface area contributed by atoms with Gasteiger partial charge in [-0.05, 0) is 41.7 Å². The minimum Gasteiger partial charge on any atom is -0.489 e. The van der Waals surface area contributed by atoms with E-state index < -0.39 is 0 Å². The molecule has 2 aliphatic heterocycles. The Kier molecular flexibility index (Phi) is 10.4. The number of hydrogen-bond acceptors (Lipinski definition) is 5. The number of amides is 1. The van der Waals surface area contributed by atoms with Gasteiger partial charge in [0.15, 0.2) is 0 Å². The number of para-hydroxylation sites is 1. The molecule has 1 atom stereocenters. The van der Waals surface area contributed by atoms with E-state index in [-0.39, 0.29) is 18.1 Å². The van der Waals surface area contributed by atoms with Gasteiger partial charge in [-0.25, -0.2) is 0 Å². The fourth-order valence-corrected chi connectivity index (χ4v) is 6.49. The quantitative estimate of drug-likeness (QED) is 0.227. The number of nitrogens with zero attached hydrogens (tertiary/aromatic N) is 2. The number of hydrogen-bond donors (Lipinski definition) is 1. The zero-order chi connectivity index (χ0) is 30.0. The summed E-state index contributed by atoms with van der Waals surface area (Å²) >= 11 is 0. The van der Waals surface area contributed by atoms with Crippen LogP contribution in [0.3, 0.4) is 0 Å². The van der Waals surface area contributed by atoms with Crippen LogP contribution in [0.25, 0.3) is 0 Å². The summed E-state index contributed by atoms with van der Waals surface area (Å²) in [5.74, 6) is 0.898. The summed E-state index contributed by atoms with van der Waals surface area (Å²) in [6.07, 6.45) is 1.94. The average molecular weight is 590 g/mol. The van der Waals surface area contributed by atoms with Gasteiger partial charge < -0.3 is 19.7 Å². The molecule has 228 valence electrons. The van der Waals surface area contributed by atoms with Crippen molar-refractivity contribution in [3.63, 3.8) is 0 Å². The maximum absolute atomic E-state index is 13.5. The van der Waals surface area contributed by atoms with Gasteiger partial charge >= 0.3 is 0 Å². The molecular formula is C38H43N3O3. The van der Waals surface area contributed by atoms with Crippen LogP contribution in [0.4, 0.5) is 0 Å². The highest BCUT2D eigenvalue weighted by atomic mass is 16.5. The highest BCUT2D eigenvalue weighted by Crippen LogP contribution is 2.29. The predicted octanol–water partition coefficient (Wildman–Crippen LogP) is 6.17. The molecule has 6 heteroatoms. The van der Waals surface area contributed by atoms with E-state index in [1.54, 1.807) is 0 Å². The highest BCUT2D eigenvalue weighted by molar-refractivity contribution is 5.96. The fourth-order valence-electron chi connectivity index (χ4n) is 6.49. The first-order chi connectivity index (χ1) is 21.7. The minimum absolute atomic E-state index is 0.0810. The summed E-state index contributed by atoms with van der Waals surface area (Å²) in [6.45, 7) is 6.57. The Bertz CT molecular complexity index is 1400. The number of piperidine rings is 1. The second-order valence-corrected chi connectivity index (χ2v) is 11.8. The molecule has 6 rings (SSSR count). The van der Waals surface area contributed by atoms with Crippen LogP contribution in [0, 0.1) is 0 Å². The minimum atomic E-state index is -0.0965. The molecule has 4 aromatic rings. The molecule has 6 nitrogen and oxygen atoms in total. The fraction of sp³-hybridized carbons (Fsp3) is 0.342. The first-order valence-electron chi connectivity index (χ1n) is 16.0. The zero-order valence-corrected chi connectivity index (χ0v) is 25.4. The van der Waals surface area contributed by atoms with Crippen molar-refractivity contribution in [3.05, 3.63) is 138 Å². The van der Waals surface area contributed by atoms with E-state index in [1.165, 1.54) is 16.7 Å². The van der Waals surface area contributed by atoms with E-state index in [4.69, 9.17) is 9.47 Å². The second-order valence-electron chi connectivity index (χ2n) is 11.8. The van der Waals surface area contributed by atoms with E-state index in [2.05, 4.69) is 100 Å². The van der Waals surface area contributed by atoms with Gasteiger partial charge in [-0.1, -0.05) is 103 Å². The molecule has 1 N–H and O–H groups in total. The van der Waals surface area contributed by atoms with Gasteiger partial charge in [0.1, 0.15) is 11.9 Å². The molecule has 2 aliphatic rings. The largest absolute Gasteiger partial charge is 0.489 e. The summed E-state index contributed by atoms with van der Waals surface area (Å²) in [6, 6.07) is 39.8. The monoisotopic (exact) mass is 589 g/mol. The molecule has 2 saturated heterocycles. The van der Waals surface area contributed by atoms with E-state index in [0.717, 1.165) is 45.6 Å². The number of carbonyl (C=O) groups is 1. The molecule has 0 bridgehead atoms. The Hall–Kier alpha value is -3.97. The summed E-state index contributed by atoms with van der Waals surface area (Å²) in [5.41, 5.74) is 4.49. The van der Waals surface area contributed by atoms with Crippen LogP contribution < -0.4 is 10.1 Å². The van der Waals surface area contributed by atoms with Crippen molar-refractivity contribution in [2.75, 3.05) is 52.5 Å². The lowest BCUT2D eigenvalue weighted by Crippen LogP contribution is -2.44. The van der Waals surface area contributed by atoms with Gasteiger partial charge in [-0.3, -0.25) is 9.69 Å². The molecule has 2 heterocycles. The summed E-state index contributed by atoms with van der Waals surface area (Å²) in [4.78, 5) is 18.5. The zero-order valence-electron chi connectivity index (χ0n) is 25.4. The van der Waals surface area contributed by atoms with Crippen molar-refractivity contribution in [1.82, 2.24) is 15.1 Å². The average Bonchev–Trinajstić information content (AvgIpc) is 3.10. The Morgan fingerprint density at radius 1 is 0.727 bits per heavy atom. The normalized spacial score (nSPS) is 17.3. The molecule has 1 amide bonds. The first kappa shape index (κ1) is 30.1. The third kappa shape index (κ3) is 7.75. The molecule has 4 aromatic carbocycles. The van der Waals surface area contributed by atoms with Gasteiger partial charge in [0.25, 0.3) is 5.91 Å². The van der Waals surface area contributed by atoms with Gasteiger partial charge in [0.2, 0.25) is 0 Å².